The fraction of sp³-hybridized carbons (Fsp3) is 0.273. The molecule has 0 unspecified atom stereocenters. The van der Waals surface area contributed by atoms with Crippen molar-refractivity contribution in [2.75, 3.05) is 0 Å². The standard InChI is InChI=1S/C11H13NO3/c1-8(13)12-10(11(14)15)7-9-5-3-2-4-6-9/h2-6,10H,7H2,1H3,(H,12,13)(H,14,15)/t10-/m0/s1/i1D3,2D,3D,4D,5D,6D. The van der Waals surface area contributed by atoms with Crippen LogP contribution in [0, 0.1) is 0 Å². The highest BCUT2D eigenvalue weighted by Crippen LogP contribution is 2.03. The summed E-state index contributed by atoms with van der Waals surface area (Å²) in [5.74, 6) is -3.09. The predicted molar refractivity (Wildman–Crippen MR) is 55.4 cm³/mol. The first-order valence-corrected chi connectivity index (χ1v) is 3.97. The van der Waals surface area contributed by atoms with Crippen LogP contribution in [0.15, 0.2) is 30.2 Å². The molecule has 4 heteroatoms. The van der Waals surface area contributed by atoms with E-state index in [0.717, 1.165) is 0 Å². The van der Waals surface area contributed by atoms with Gasteiger partial charge in [-0.1, -0.05) is 30.2 Å². The number of benzene rings is 1. The first-order valence-electron chi connectivity index (χ1n) is 7.97. The molecule has 1 aromatic carbocycles. The molecule has 1 aromatic rings. The smallest absolute Gasteiger partial charge is 0.326 e. The fourth-order valence-corrected chi connectivity index (χ4v) is 0.940. The van der Waals surface area contributed by atoms with Gasteiger partial charge in [-0.15, -0.1) is 0 Å². The number of carboxylic acid groups (broad SMARTS) is 1. The quantitative estimate of drug-likeness (QED) is 0.781. The lowest BCUT2D eigenvalue weighted by molar-refractivity contribution is -0.141. The van der Waals surface area contributed by atoms with Crippen LogP contribution in [0.2, 0.25) is 0 Å². The van der Waals surface area contributed by atoms with E-state index in [1.54, 1.807) is 5.32 Å². The van der Waals surface area contributed by atoms with E-state index in [9.17, 15) is 9.59 Å². The van der Waals surface area contributed by atoms with Gasteiger partial charge in [-0.05, 0) is 5.56 Å². The number of carbonyl (C=O) groups excluding carboxylic acids is 1. The third-order valence-corrected chi connectivity index (χ3v) is 1.56. The van der Waals surface area contributed by atoms with Gasteiger partial charge in [0.25, 0.3) is 0 Å². The molecule has 1 amide bonds. The van der Waals surface area contributed by atoms with Crippen molar-refractivity contribution in [2.45, 2.75) is 19.3 Å². The molecule has 0 spiro atoms. The van der Waals surface area contributed by atoms with E-state index in [-0.39, 0.29) is 5.56 Å². The minimum Gasteiger partial charge on any atom is -0.480 e. The minimum absolute atomic E-state index is 0.325. The van der Waals surface area contributed by atoms with Crippen molar-refractivity contribution in [3.05, 3.63) is 35.8 Å². The van der Waals surface area contributed by atoms with Gasteiger partial charge in [-0.2, -0.15) is 0 Å². The number of rotatable bonds is 4. The Morgan fingerprint density at radius 3 is 2.73 bits per heavy atom. The highest BCUT2D eigenvalue weighted by molar-refractivity contribution is 5.82. The summed E-state index contributed by atoms with van der Waals surface area (Å²) in [6, 6.07) is -4.89. The maximum atomic E-state index is 11.4. The highest BCUT2D eigenvalue weighted by Gasteiger charge is 2.18. The van der Waals surface area contributed by atoms with Gasteiger partial charge >= 0.3 is 5.97 Å². The summed E-state index contributed by atoms with van der Waals surface area (Å²) in [5.41, 5.74) is -0.325. The first kappa shape index (κ1) is 4.35. The second-order valence-electron chi connectivity index (χ2n) is 2.67. The van der Waals surface area contributed by atoms with Gasteiger partial charge in [0.15, 0.2) is 0 Å². The van der Waals surface area contributed by atoms with E-state index in [1.807, 2.05) is 0 Å². The second-order valence-corrected chi connectivity index (χ2v) is 2.67. The average Bonchev–Trinajstić information content (AvgIpc) is 2.44. The zero-order valence-corrected chi connectivity index (χ0v) is 7.55. The van der Waals surface area contributed by atoms with Gasteiger partial charge in [-0.25, -0.2) is 4.79 Å². The fourth-order valence-electron chi connectivity index (χ4n) is 0.940. The molecule has 0 saturated carbocycles. The lowest BCUT2D eigenvalue weighted by Crippen LogP contribution is -2.41. The number of carbonyl (C=O) groups is 2. The molecule has 1 atom stereocenters. The van der Waals surface area contributed by atoms with Gasteiger partial charge < -0.3 is 10.4 Å². The molecule has 0 aliphatic carbocycles. The summed E-state index contributed by atoms with van der Waals surface area (Å²) in [4.78, 5) is 22.6. The molecule has 15 heavy (non-hydrogen) atoms. The van der Waals surface area contributed by atoms with Crippen molar-refractivity contribution in [1.29, 1.82) is 0 Å². The summed E-state index contributed by atoms with van der Waals surface area (Å²) in [6.07, 6.45) is -0.646. The van der Waals surface area contributed by atoms with Crippen LogP contribution in [0.3, 0.4) is 0 Å². The van der Waals surface area contributed by atoms with Gasteiger partial charge in [0.1, 0.15) is 6.04 Å². The number of amides is 1. The SMILES string of the molecule is [2H]c1c([2H])c([2H])c(C[C@H](NC(=O)C([2H])([2H])[2H])C(=O)O)c([2H])c1[2H]. The lowest BCUT2D eigenvalue weighted by atomic mass is 10.1. The van der Waals surface area contributed by atoms with E-state index in [1.165, 1.54) is 0 Å². The van der Waals surface area contributed by atoms with Crippen LogP contribution < -0.4 is 5.32 Å². The Kier molecular flexibility index (Phi) is 1.49. The number of hydrogen-bond donors (Lipinski definition) is 2. The van der Waals surface area contributed by atoms with Gasteiger partial charge in [0.05, 0.1) is 6.85 Å². The Balaban J connectivity index is 3.22. The van der Waals surface area contributed by atoms with Crippen LogP contribution in [-0.4, -0.2) is 23.0 Å². The third-order valence-electron chi connectivity index (χ3n) is 1.56. The molecule has 0 fully saturated rings. The van der Waals surface area contributed by atoms with E-state index in [0.29, 0.717) is 0 Å². The van der Waals surface area contributed by atoms with Crippen LogP contribution in [0.4, 0.5) is 0 Å². The maximum absolute atomic E-state index is 11.4. The molecule has 0 aromatic heterocycles. The molecule has 0 bridgehead atoms. The maximum Gasteiger partial charge on any atom is 0.326 e. The van der Waals surface area contributed by atoms with Crippen LogP contribution in [-0.2, 0) is 16.0 Å². The predicted octanol–water partition coefficient (Wildman–Crippen LogP) is 0.818. The van der Waals surface area contributed by atoms with Crippen molar-refractivity contribution in [2.24, 2.45) is 0 Å². The molecule has 1 rings (SSSR count). The Morgan fingerprint density at radius 2 is 2.20 bits per heavy atom. The first-order chi connectivity index (χ1) is 10.4. The molecular formula is C11H13NO3. The Labute approximate surface area is 99.2 Å². The Bertz CT molecular complexity index is 629. The van der Waals surface area contributed by atoms with E-state index in [2.05, 4.69) is 0 Å². The minimum atomic E-state index is -3.06. The lowest BCUT2D eigenvalue weighted by Gasteiger charge is -2.12. The van der Waals surface area contributed by atoms with E-state index < -0.39 is 61.4 Å². The molecule has 0 saturated heterocycles. The number of hydrogen-bond acceptors (Lipinski definition) is 2. The second kappa shape index (κ2) is 5.14. The van der Waals surface area contributed by atoms with Crippen molar-refractivity contribution in [1.82, 2.24) is 5.32 Å². The number of carboxylic acids is 1. The third kappa shape index (κ3) is 3.81. The van der Waals surface area contributed by atoms with Gasteiger partial charge in [-0.3, -0.25) is 4.79 Å². The molecule has 80 valence electrons. The van der Waals surface area contributed by atoms with Crippen LogP contribution in [0.25, 0.3) is 0 Å². The number of nitrogens with one attached hydrogen (secondary N) is 1. The molecule has 0 aliphatic rings. The van der Waals surface area contributed by atoms with Crippen molar-refractivity contribution in [3.63, 3.8) is 0 Å². The topological polar surface area (TPSA) is 66.4 Å². The number of aliphatic carboxylic acids is 1. The van der Waals surface area contributed by atoms with Gasteiger partial charge in [0.2, 0.25) is 5.91 Å². The molecule has 4 nitrogen and oxygen atoms in total. The van der Waals surface area contributed by atoms with Crippen molar-refractivity contribution >= 4 is 11.9 Å². The van der Waals surface area contributed by atoms with E-state index >= 15 is 0 Å². The summed E-state index contributed by atoms with van der Waals surface area (Å²) in [5, 5.41) is 10.8. The monoisotopic (exact) mass is 215 g/mol. The normalized spacial score (nSPS) is 20.3. The van der Waals surface area contributed by atoms with Gasteiger partial charge in [0, 0.05) is 17.4 Å². The van der Waals surface area contributed by atoms with Crippen molar-refractivity contribution in [3.8, 4) is 0 Å². The average molecular weight is 215 g/mol. The van der Waals surface area contributed by atoms with E-state index in [4.69, 9.17) is 16.1 Å². The van der Waals surface area contributed by atoms with Crippen LogP contribution in [0.1, 0.15) is 23.4 Å². The summed E-state index contributed by atoms with van der Waals surface area (Å²) < 4.78 is 58.5. The zero-order valence-electron chi connectivity index (χ0n) is 15.5. The summed E-state index contributed by atoms with van der Waals surface area (Å²) >= 11 is 0. The van der Waals surface area contributed by atoms with Crippen molar-refractivity contribution < 1.29 is 25.7 Å². The molecule has 0 radical (unpaired) electrons. The zero-order chi connectivity index (χ0) is 18.1. The molecule has 2 N–H and O–H groups in total. The molecular weight excluding hydrogens is 194 g/mol. The van der Waals surface area contributed by atoms with Crippen LogP contribution in [0.5, 0.6) is 0 Å². The largest absolute Gasteiger partial charge is 0.480 e. The summed E-state index contributed by atoms with van der Waals surface area (Å²) in [7, 11) is 0. The Morgan fingerprint density at radius 1 is 1.53 bits per heavy atom. The Hall–Kier alpha value is -1.84. The van der Waals surface area contributed by atoms with Crippen LogP contribution >= 0.6 is 0 Å². The molecule has 0 heterocycles. The highest BCUT2D eigenvalue weighted by atomic mass is 16.4. The summed E-state index contributed by atoms with van der Waals surface area (Å²) in [6.45, 7) is -3.06. The molecule has 0 aliphatic heterocycles.